The van der Waals surface area contributed by atoms with Crippen molar-refractivity contribution in [1.29, 1.82) is 0 Å². The van der Waals surface area contributed by atoms with E-state index < -0.39 is 41.5 Å². The lowest BCUT2D eigenvalue weighted by Crippen LogP contribution is -2.60. The van der Waals surface area contributed by atoms with Crippen LogP contribution in [-0.2, 0) is 32.5 Å². The number of carboxylic acids is 1. The van der Waals surface area contributed by atoms with Gasteiger partial charge in [0.15, 0.2) is 0 Å². The molecule has 0 bridgehead atoms. The molecule has 3 aromatic rings. The van der Waals surface area contributed by atoms with E-state index >= 15 is 0 Å². The topological polar surface area (TPSA) is 112 Å². The second-order valence-electron chi connectivity index (χ2n) is 9.83. The summed E-state index contributed by atoms with van der Waals surface area (Å²) in [7, 11) is 0. The fourth-order valence-corrected chi connectivity index (χ4v) is 3.85. The van der Waals surface area contributed by atoms with E-state index in [0.717, 1.165) is 24.3 Å². The molecule has 9 nitrogen and oxygen atoms in total. The smallest absolute Gasteiger partial charge is 0.416 e. The Morgan fingerprint density at radius 3 is 2.34 bits per heavy atom. The minimum Gasteiger partial charge on any atom is -0.480 e. The van der Waals surface area contributed by atoms with Crippen LogP contribution in [0.15, 0.2) is 54.6 Å². The molecule has 0 radical (unpaired) electrons. The molecule has 12 heteroatoms. The second kappa shape index (κ2) is 10.0. The number of nitrogens with one attached hydrogen (secondary N) is 1. The lowest BCUT2D eigenvalue weighted by Gasteiger charge is -2.42. The number of aliphatic carboxylic acids is 1. The van der Waals surface area contributed by atoms with Gasteiger partial charge in [0.2, 0.25) is 5.88 Å². The highest BCUT2D eigenvalue weighted by atomic mass is 19.4. The van der Waals surface area contributed by atoms with Gasteiger partial charge in [0.1, 0.15) is 23.4 Å². The number of amides is 1. The summed E-state index contributed by atoms with van der Waals surface area (Å²) in [4.78, 5) is 24.0. The summed E-state index contributed by atoms with van der Waals surface area (Å²) in [5.74, 6) is -1.05. The molecule has 1 aliphatic heterocycles. The molecule has 0 atom stereocenters. The van der Waals surface area contributed by atoms with E-state index in [1.165, 1.54) is 10.7 Å². The Bertz CT molecular complexity index is 1330. The van der Waals surface area contributed by atoms with Crippen LogP contribution in [0.25, 0.3) is 11.3 Å². The molecule has 1 saturated heterocycles. The van der Waals surface area contributed by atoms with E-state index in [-0.39, 0.29) is 24.8 Å². The predicted molar refractivity (Wildman–Crippen MR) is 129 cm³/mol. The molecule has 1 amide bonds. The highest BCUT2D eigenvalue weighted by Crippen LogP contribution is 2.35. The van der Waals surface area contributed by atoms with E-state index in [9.17, 15) is 27.9 Å². The van der Waals surface area contributed by atoms with Gasteiger partial charge in [-0.1, -0.05) is 18.2 Å². The van der Waals surface area contributed by atoms with E-state index in [0.29, 0.717) is 16.8 Å². The molecule has 2 aromatic carbocycles. The molecular formula is C26H26F3N3O6. The van der Waals surface area contributed by atoms with Crippen LogP contribution < -0.4 is 10.1 Å². The number of carboxylic acid groups (broad SMARTS) is 1. The minimum absolute atomic E-state index is 0.0000162. The van der Waals surface area contributed by atoms with Crippen molar-refractivity contribution < 1.29 is 42.1 Å². The van der Waals surface area contributed by atoms with E-state index in [4.69, 9.17) is 14.2 Å². The van der Waals surface area contributed by atoms with Gasteiger partial charge in [0.05, 0.1) is 24.5 Å². The van der Waals surface area contributed by atoms with Gasteiger partial charge >= 0.3 is 18.2 Å². The normalized spacial score (nSPS) is 14.9. The largest absolute Gasteiger partial charge is 0.480 e. The third-order valence-electron chi connectivity index (χ3n) is 5.59. The fourth-order valence-electron chi connectivity index (χ4n) is 3.85. The fraction of sp³-hybridized carbons (Fsp3) is 0.346. The molecule has 2 heterocycles. The molecule has 0 aliphatic carbocycles. The standard InChI is InChI=1S/C26H26F3N3O6/c1-24(2,3)38-23(35)30-25(14-36-15-25)18-6-4-5-16(11-18)20-12-21(31-32(20)13-22(33)34)37-19-9-7-17(8-10-19)26(27,28)29/h4-12H,13-15H2,1-3H3,(H,30,35)(H,33,34). The van der Waals surface area contributed by atoms with Gasteiger partial charge in [0.25, 0.3) is 0 Å². The summed E-state index contributed by atoms with van der Waals surface area (Å²) in [5, 5.41) is 16.4. The van der Waals surface area contributed by atoms with Crippen LogP contribution in [0.1, 0.15) is 31.9 Å². The summed E-state index contributed by atoms with van der Waals surface area (Å²) >= 11 is 0. The van der Waals surface area contributed by atoms with Crippen LogP contribution in [0.3, 0.4) is 0 Å². The van der Waals surface area contributed by atoms with Gasteiger partial charge in [-0.15, -0.1) is 5.10 Å². The Morgan fingerprint density at radius 2 is 1.79 bits per heavy atom. The van der Waals surface area contributed by atoms with Crippen molar-refractivity contribution in [1.82, 2.24) is 15.1 Å². The molecule has 4 rings (SSSR count). The van der Waals surface area contributed by atoms with Gasteiger partial charge in [-0.3, -0.25) is 4.79 Å². The van der Waals surface area contributed by atoms with Crippen molar-refractivity contribution in [2.75, 3.05) is 13.2 Å². The number of benzene rings is 2. The number of rotatable bonds is 7. The van der Waals surface area contributed by atoms with Gasteiger partial charge in [-0.05, 0) is 56.7 Å². The summed E-state index contributed by atoms with van der Waals surface area (Å²) in [6, 6.07) is 12.6. The number of hydrogen-bond acceptors (Lipinski definition) is 6. The van der Waals surface area contributed by atoms with Crippen LogP contribution in [0.2, 0.25) is 0 Å². The van der Waals surface area contributed by atoms with Crippen molar-refractivity contribution in [2.24, 2.45) is 0 Å². The summed E-state index contributed by atoms with van der Waals surface area (Å²) < 4.78 is 56.2. The first-order valence-corrected chi connectivity index (χ1v) is 11.6. The maximum Gasteiger partial charge on any atom is 0.416 e. The summed E-state index contributed by atoms with van der Waals surface area (Å²) in [6.07, 6.45) is -5.09. The second-order valence-corrected chi connectivity index (χ2v) is 9.83. The summed E-state index contributed by atoms with van der Waals surface area (Å²) in [6.45, 7) is 5.21. The molecule has 1 aromatic heterocycles. The Labute approximate surface area is 216 Å². The minimum atomic E-state index is -4.49. The van der Waals surface area contributed by atoms with Gasteiger partial charge in [-0.2, -0.15) is 13.2 Å². The molecule has 0 saturated carbocycles. The molecular weight excluding hydrogens is 507 g/mol. The van der Waals surface area contributed by atoms with Crippen molar-refractivity contribution in [3.8, 4) is 22.9 Å². The Hall–Kier alpha value is -4.06. The molecule has 1 fully saturated rings. The maximum atomic E-state index is 12.9. The zero-order chi connectivity index (χ0) is 27.7. The first kappa shape index (κ1) is 27.0. The predicted octanol–water partition coefficient (Wildman–Crippen LogP) is 5.20. The number of nitrogens with zero attached hydrogens (tertiary/aromatic N) is 2. The molecule has 202 valence electrons. The number of alkyl halides is 3. The van der Waals surface area contributed by atoms with E-state index in [1.807, 2.05) is 0 Å². The number of carbonyl (C=O) groups is 2. The average molecular weight is 534 g/mol. The van der Waals surface area contributed by atoms with Crippen molar-refractivity contribution >= 4 is 12.1 Å². The van der Waals surface area contributed by atoms with Crippen molar-refractivity contribution in [2.45, 2.75) is 44.6 Å². The Kier molecular flexibility index (Phi) is 7.11. The molecule has 38 heavy (non-hydrogen) atoms. The van der Waals surface area contributed by atoms with Crippen LogP contribution in [0.5, 0.6) is 11.6 Å². The number of hydrogen-bond donors (Lipinski definition) is 2. The third-order valence-corrected chi connectivity index (χ3v) is 5.59. The van der Waals surface area contributed by atoms with Crippen molar-refractivity contribution in [3.05, 3.63) is 65.7 Å². The monoisotopic (exact) mass is 533 g/mol. The number of carbonyl (C=O) groups excluding carboxylic acids is 1. The van der Waals surface area contributed by atoms with Gasteiger partial charge in [-0.25, -0.2) is 9.48 Å². The molecule has 0 unspecified atom stereocenters. The van der Waals surface area contributed by atoms with Crippen LogP contribution in [0, 0.1) is 0 Å². The van der Waals surface area contributed by atoms with Crippen LogP contribution in [0.4, 0.5) is 18.0 Å². The Morgan fingerprint density at radius 1 is 1.11 bits per heavy atom. The summed E-state index contributed by atoms with van der Waals surface area (Å²) in [5.41, 5.74) is -0.673. The molecule has 2 N–H and O–H groups in total. The zero-order valence-corrected chi connectivity index (χ0v) is 20.8. The lowest BCUT2D eigenvalue weighted by molar-refractivity contribution is -0.138. The van der Waals surface area contributed by atoms with E-state index in [1.54, 1.807) is 45.0 Å². The maximum absolute atomic E-state index is 12.9. The SMILES string of the molecule is CC(C)(C)OC(=O)NC1(c2cccc(-c3cc(Oc4ccc(C(F)(F)F)cc4)nn3CC(=O)O)c2)COC1. The van der Waals surface area contributed by atoms with Crippen molar-refractivity contribution in [3.63, 3.8) is 0 Å². The lowest BCUT2D eigenvalue weighted by atomic mass is 9.87. The number of halogens is 3. The third kappa shape index (κ3) is 6.25. The zero-order valence-electron chi connectivity index (χ0n) is 20.8. The van der Waals surface area contributed by atoms with E-state index in [2.05, 4.69) is 10.4 Å². The average Bonchev–Trinajstić information content (AvgIpc) is 3.16. The quantitative estimate of drug-likeness (QED) is 0.430. The molecule has 0 spiro atoms. The van der Waals surface area contributed by atoms with Gasteiger partial charge in [0, 0.05) is 11.6 Å². The Balaban J connectivity index is 1.62. The van der Waals surface area contributed by atoms with Crippen LogP contribution in [-0.4, -0.2) is 45.8 Å². The number of aromatic nitrogens is 2. The molecule has 1 aliphatic rings. The highest BCUT2D eigenvalue weighted by Gasteiger charge is 2.43. The van der Waals surface area contributed by atoms with Gasteiger partial charge < -0.3 is 24.6 Å². The van der Waals surface area contributed by atoms with Crippen LogP contribution >= 0.6 is 0 Å². The number of alkyl carbamates (subject to hydrolysis) is 1. The number of ether oxygens (including phenoxy) is 3. The first-order valence-electron chi connectivity index (χ1n) is 11.6. The highest BCUT2D eigenvalue weighted by molar-refractivity contribution is 5.71. The first-order chi connectivity index (χ1) is 17.7.